The van der Waals surface area contributed by atoms with Gasteiger partial charge in [0.25, 0.3) is 5.92 Å². The predicted octanol–water partition coefficient (Wildman–Crippen LogP) is 2.05. The number of benzene rings is 1. The van der Waals surface area contributed by atoms with Crippen LogP contribution in [0.25, 0.3) is 0 Å². The van der Waals surface area contributed by atoms with Crippen molar-refractivity contribution in [1.29, 1.82) is 0 Å². The predicted molar refractivity (Wildman–Crippen MR) is 70.6 cm³/mol. The molecule has 1 aromatic carbocycles. The first-order chi connectivity index (χ1) is 9.45. The van der Waals surface area contributed by atoms with Crippen molar-refractivity contribution in [3.63, 3.8) is 0 Å². The number of aliphatic hydroxyl groups excluding tert-OH is 1. The quantitative estimate of drug-likeness (QED) is 0.894. The third-order valence-corrected chi connectivity index (χ3v) is 3.69. The second kappa shape index (κ2) is 6.30. The molecule has 0 unspecified atom stereocenters. The highest BCUT2D eigenvalue weighted by Gasteiger charge is 2.44. The molecule has 1 aliphatic heterocycles. The molecule has 7 heteroatoms. The molecule has 1 fully saturated rings. The van der Waals surface area contributed by atoms with E-state index < -0.39 is 24.4 Å². The maximum Gasteiger partial charge on any atom is 0.289 e. The third-order valence-electron chi connectivity index (χ3n) is 3.39. The van der Waals surface area contributed by atoms with E-state index in [1.807, 2.05) is 0 Å². The van der Waals surface area contributed by atoms with Gasteiger partial charge < -0.3 is 10.4 Å². The minimum absolute atomic E-state index is 0.111. The summed E-state index contributed by atoms with van der Waals surface area (Å²) in [6.45, 7) is 0.684. The molecule has 0 aromatic heterocycles. The molecule has 1 aliphatic rings. The van der Waals surface area contributed by atoms with Crippen LogP contribution in [-0.2, 0) is 0 Å². The summed E-state index contributed by atoms with van der Waals surface area (Å²) in [7, 11) is 0. The minimum Gasteiger partial charge on any atom is -0.390 e. The third kappa shape index (κ3) is 3.25. The highest BCUT2D eigenvalue weighted by Crippen LogP contribution is 2.37. The van der Waals surface area contributed by atoms with Gasteiger partial charge in [0.05, 0.1) is 5.02 Å². The molecule has 112 valence electrons. The van der Waals surface area contributed by atoms with Crippen LogP contribution in [0, 0.1) is 5.82 Å². The van der Waals surface area contributed by atoms with Gasteiger partial charge in [0, 0.05) is 26.2 Å². The first kappa shape index (κ1) is 15.6. The zero-order chi connectivity index (χ0) is 14.8. The minimum atomic E-state index is -3.35. The van der Waals surface area contributed by atoms with E-state index in [9.17, 15) is 13.2 Å². The van der Waals surface area contributed by atoms with Gasteiger partial charge >= 0.3 is 0 Å². The number of piperazine rings is 1. The molecule has 1 saturated heterocycles. The van der Waals surface area contributed by atoms with Crippen molar-refractivity contribution < 1.29 is 18.3 Å². The van der Waals surface area contributed by atoms with Gasteiger partial charge in [-0.15, -0.1) is 0 Å². The number of aliphatic hydroxyl groups is 1. The molecule has 0 aliphatic carbocycles. The topological polar surface area (TPSA) is 35.5 Å². The number of halogens is 4. The number of hydrogen-bond acceptors (Lipinski definition) is 3. The molecule has 0 spiro atoms. The fraction of sp³-hybridized carbons (Fsp3) is 0.538. The Labute approximate surface area is 120 Å². The molecule has 0 radical (unpaired) electrons. The van der Waals surface area contributed by atoms with E-state index in [0.717, 1.165) is 6.07 Å². The molecule has 2 N–H and O–H groups in total. The van der Waals surface area contributed by atoms with Crippen LogP contribution in [0.5, 0.6) is 0 Å². The van der Waals surface area contributed by atoms with Crippen molar-refractivity contribution in [2.75, 3.05) is 32.8 Å². The smallest absolute Gasteiger partial charge is 0.289 e. The number of alkyl halides is 2. The summed E-state index contributed by atoms with van der Waals surface area (Å²) in [5, 5.41) is 11.9. The summed E-state index contributed by atoms with van der Waals surface area (Å²) >= 11 is 5.58. The maximum absolute atomic E-state index is 14.1. The van der Waals surface area contributed by atoms with Gasteiger partial charge in [-0.1, -0.05) is 17.7 Å². The summed E-state index contributed by atoms with van der Waals surface area (Å²) in [6.07, 6.45) is 0. The fourth-order valence-corrected chi connectivity index (χ4v) is 2.55. The summed E-state index contributed by atoms with van der Waals surface area (Å²) in [4.78, 5) is 1.55. The van der Waals surface area contributed by atoms with Gasteiger partial charge in [0.15, 0.2) is 0 Å². The zero-order valence-electron chi connectivity index (χ0n) is 10.8. The highest BCUT2D eigenvalue weighted by atomic mass is 35.5. The summed E-state index contributed by atoms with van der Waals surface area (Å²) in [6, 6.07) is 2.29. The van der Waals surface area contributed by atoms with Crippen molar-refractivity contribution in [3.8, 4) is 0 Å². The lowest BCUT2D eigenvalue weighted by Gasteiger charge is -2.38. The molecule has 20 heavy (non-hydrogen) atoms. The van der Waals surface area contributed by atoms with Gasteiger partial charge in [0.2, 0.25) is 0 Å². The van der Waals surface area contributed by atoms with Crippen LogP contribution in [0.2, 0.25) is 5.02 Å². The van der Waals surface area contributed by atoms with Gasteiger partial charge in [-0.3, -0.25) is 4.90 Å². The molecule has 0 saturated carbocycles. The first-order valence-electron chi connectivity index (χ1n) is 6.34. The SMILES string of the molecule is OCC(F)(F)[C@H](c1ccc(Cl)c(F)c1)N1CCNCC1. The van der Waals surface area contributed by atoms with Crippen molar-refractivity contribution in [1.82, 2.24) is 10.2 Å². The lowest BCUT2D eigenvalue weighted by atomic mass is 9.98. The van der Waals surface area contributed by atoms with E-state index in [0.29, 0.717) is 26.2 Å². The average molecular weight is 309 g/mol. The van der Waals surface area contributed by atoms with Crippen LogP contribution in [0.3, 0.4) is 0 Å². The lowest BCUT2D eigenvalue weighted by molar-refractivity contribution is -0.118. The molecule has 0 amide bonds. The Morgan fingerprint density at radius 1 is 1.35 bits per heavy atom. The Bertz CT molecular complexity index is 467. The van der Waals surface area contributed by atoms with E-state index in [-0.39, 0.29) is 10.6 Å². The largest absolute Gasteiger partial charge is 0.390 e. The van der Waals surface area contributed by atoms with Crippen molar-refractivity contribution >= 4 is 11.6 Å². The van der Waals surface area contributed by atoms with Crippen LogP contribution in [-0.4, -0.2) is 48.7 Å². The van der Waals surface area contributed by atoms with Gasteiger partial charge in [-0.05, 0) is 17.7 Å². The van der Waals surface area contributed by atoms with E-state index in [1.54, 1.807) is 4.90 Å². The zero-order valence-corrected chi connectivity index (χ0v) is 11.5. The second-order valence-electron chi connectivity index (χ2n) is 4.78. The highest BCUT2D eigenvalue weighted by molar-refractivity contribution is 6.30. The molecular formula is C13H16ClF3N2O. The van der Waals surface area contributed by atoms with Crippen LogP contribution in [0.4, 0.5) is 13.2 Å². The Hall–Kier alpha value is -0.820. The van der Waals surface area contributed by atoms with Crippen molar-refractivity contribution in [3.05, 3.63) is 34.6 Å². The molecule has 0 bridgehead atoms. The molecule has 3 nitrogen and oxygen atoms in total. The van der Waals surface area contributed by atoms with E-state index in [2.05, 4.69) is 5.32 Å². The van der Waals surface area contributed by atoms with Crippen LogP contribution in [0.15, 0.2) is 18.2 Å². The summed E-state index contributed by atoms with van der Waals surface area (Å²) in [5.41, 5.74) is 0.118. The first-order valence-corrected chi connectivity index (χ1v) is 6.72. The summed E-state index contributed by atoms with van der Waals surface area (Å²) < 4.78 is 41.6. The number of nitrogens with zero attached hydrogens (tertiary/aromatic N) is 1. The average Bonchev–Trinajstić information content (AvgIpc) is 2.44. The maximum atomic E-state index is 14.1. The van der Waals surface area contributed by atoms with Gasteiger partial charge in [-0.25, -0.2) is 13.2 Å². The number of hydrogen-bond donors (Lipinski definition) is 2. The number of nitrogens with one attached hydrogen (secondary N) is 1. The van der Waals surface area contributed by atoms with E-state index in [4.69, 9.17) is 16.7 Å². The fourth-order valence-electron chi connectivity index (χ4n) is 2.43. The standard InChI is InChI=1S/C13H16ClF3N2O/c14-10-2-1-9(7-11(10)15)12(13(16,17)8-20)19-5-3-18-4-6-19/h1-2,7,12,18,20H,3-6,8H2/t12-/m0/s1. The Kier molecular flexibility index (Phi) is 4.90. The normalized spacial score (nSPS) is 19.1. The van der Waals surface area contributed by atoms with Crippen LogP contribution in [0.1, 0.15) is 11.6 Å². The molecule has 2 rings (SSSR count). The summed E-state index contributed by atoms with van der Waals surface area (Å²) in [5.74, 6) is -4.09. The van der Waals surface area contributed by atoms with Crippen LogP contribution >= 0.6 is 11.6 Å². The van der Waals surface area contributed by atoms with E-state index >= 15 is 0 Å². The van der Waals surface area contributed by atoms with E-state index in [1.165, 1.54) is 12.1 Å². The van der Waals surface area contributed by atoms with Crippen molar-refractivity contribution in [2.24, 2.45) is 0 Å². The molecule has 1 heterocycles. The Balaban J connectivity index is 2.36. The van der Waals surface area contributed by atoms with Crippen LogP contribution < -0.4 is 5.32 Å². The van der Waals surface area contributed by atoms with Crippen molar-refractivity contribution in [2.45, 2.75) is 12.0 Å². The molecular weight excluding hydrogens is 293 g/mol. The lowest BCUT2D eigenvalue weighted by Crippen LogP contribution is -2.51. The Morgan fingerprint density at radius 2 is 2.00 bits per heavy atom. The van der Waals surface area contributed by atoms with Gasteiger partial charge in [0.1, 0.15) is 18.5 Å². The molecule has 1 aromatic rings. The Morgan fingerprint density at radius 3 is 2.55 bits per heavy atom. The molecule has 1 atom stereocenters. The number of rotatable bonds is 4. The van der Waals surface area contributed by atoms with Gasteiger partial charge in [-0.2, -0.15) is 0 Å². The second-order valence-corrected chi connectivity index (χ2v) is 5.19. The monoisotopic (exact) mass is 308 g/mol.